The maximum absolute atomic E-state index is 12.8. The third kappa shape index (κ3) is 4.53. The van der Waals surface area contributed by atoms with E-state index in [1.807, 2.05) is 12.1 Å². The number of nitrogens with one attached hydrogen (secondary N) is 1. The Kier molecular flexibility index (Phi) is 6.34. The van der Waals surface area contributed by atoms with Crippen molar-refractivity contribution < 1.29 is 14.3 Å². The van der Waals surface area contributed by atoms with Crippen molar-refractivity contribution in [3.63, 3.8) is 0 Å². The molecule has 3 aromatic carbocycles. The first-order valence-electron chi connectivity index (χ1n) is 8.47. The number of benzene rings is 3. The molecule has 0 atom stereocenters. The van der Waals surface area contributed by atoms with Gasteiger partial charge in [-0.25, -0.2) is 0 Å². The lowest BCUT2D eigenvalue weighted by atomic mass is 10.0. The maximum atomic E-state index is 12.8. The van der Waals surface area contributed by atoms with Crippen molar-refractivity contribution in [1.29, 1.82) is 0 Å². The van der Waals surface area contributed by atoms with E-state index in [-0.39, 0.29) is 12.5 Å². The Morgan fingerprint density at radius 1 is 1.04 bits per heavy atom. The maximum Gasteiger partial charge on any atom is 0.255 e. The molecule has 0 radical (unpaired) electrons. The zero-order chi connectivity index (χ0) is 20.1. The third-order valence-corrected chi connectivity index (χ3v) is 4.84. The van der Waals surface area contributed by atoms with E-state index in [1.54, 1.807) is 48.5 Å². The van der Waals surface area contributed by atoms with Crippen LogP contribution in [0.2, 0.25) is 10.0 Å². The molecule has 3 aromatic rings. The van der Waals surface area contributed by atoms with Gasteiger partial charge in [0.1, 0.15) is 12.0 Å². The second-order valence-corrected chi connectivity index (χ2v) is 6.92. The summed E-state index contributed by atoms with van der Waals surface area (Å²) in [5, 5.41) is 3.87. The lowest BCUT2D eigenvalue weighted by Crippen LogP contribution is -2.23. The highest BCUT2D eigenvalue weighted by Crippen LogP contribution is 2.27. The minimum atomic E-state index is -0.295. The molecule has 3 rings (SSSR count). The molecule has 4 nitrogen and oxygen atoms in total. The predicted molar refractivity (Wildman–Crippen MR) is 111 cm³/mol. The van der Waals surface area contributed by atoms with Gasteiger partial charge in [0.25, 0.3) is 5.91 Å². The molecule has 0 saturated carbocycles. The van der Waals surface area contributed by atoms with Crippen LogP contribution in [-0.2, 0) is 6.54 Å². The fourth-order valence-corrected chi connectivity index (χ4v) is 3.27. The van der Waals surface area contributed by atoms with Gasteiger partial charge in [0.15, 0.2) is 0 Å². The Labute approximate surface area is 173 Å². The van der Waals surface area contributed by atoms with E-state index in [0.717, 1.165) is 23.0 Å². The van der Waals surface area contributed by atoms with Crippen molar-refractivity contribution in [2.75, 3.05) is 7.11 Å². The Balaban J connectivity index is 1.86. The fourth-order valence-electron chi connectivity index (χ4n) is 2.79. The number of halogens is 2. The number of ether oxygens (including phenoxy) is 1. The molecule has 6 heteroatoms. The van der Waals surface area contributed by atoms with Crippen LogP contribution in [-0.4, -0.2) is 19.3 Å². The van der Waals surface area contributed by atoms with Crippen LogP contribution in [0.5, 0.6) is 5.75 Å². The second kappa shape index (κ2) is 8.91. The number of amides is 1. The average molecular weight is 414 g/mol. The van der Waals surface area contributed by atoms with Gasteiger partial charge >= 0.3 is 0 Å². The van der Waals surface area contributed by atoms with E-state index in [4.69, 9.17) is 27.9 Å². The lowest BCUT2D eigenvalue weighted by Gasteiger charge is -2.12. The minimum absolute atomic E-state index is 0.253. The minimum Gasteiger partial charge on any atom is -0.496 e. The number of hydrogen-bond donors (Lipinski definition) is 1. The van der Waals surface area contributed by atoms with Gasteiger partial charge in [0, 0.05) is 22.2 Å². The molecule has 1 N–H and O–H groups in total. The van der Waals surface area contributed by atoms with Crippen molar-refractivity contribution in [3.05, 3.63) is 87.4 Å². The number of methoxy groups -OCH3 is 1. The van der Waals surface area contributed by atoms with E-state index in [1.165, 1.54) is 7.11 Å². The highest BCUT2D eigenvalue weighted by atomic mass is 35.5. The summed E-state index contributed by atoms with van der Waals surface area (Å²) in [6, 6.07) is 17.6. The van der Waals surface area contributed by atoms with Crippen molar-refractivity contribution in [2.45, 2.75) is 6.54 Å². The van der Waals surface area contributed by atoms with Crippen LogP contribution in [0.25, 0.3) is 11.1 Å². The smallest absolute Gasteiger partial charge is 0.255 e. The van der Waals surface area contributed by atoms with Crippen LogP contribution >= 0.6 is 23.2 Å². The van der Waals surface area contributed by atoms with Crippen LogP contribution in [0.3, 0.4) is 0 Å². The van der Waals surface area contributed by atoms with Crippen LogP contribution in [0.1, 0.15) is 26.3 Å². The second-order valence-electron chi connectivity index (χ2n) is 6.08. The van der Waals surface area contributed by atoms with Gasteiger partial charge in [-0.1, -0.05) is 53.5 Å². The van der Waals surface area contributed by atoms with E-state index in [9.17, 15) is 9.59 Å². The zero-order valence-electron chi connectivity index (χ0n) is 15.0. The zero-order valence-corrected chi connectivity index (χ0v) is 16.6. The SMILES string of the molecule is COc1ccc(-c2cccc(C=O)c2)cc1C(=O)NCc1ccc(Cl)cc1Cl. The van der Waals surface area contributed by atoms with Crippen molar-refractivity contribution in [1.82, 2.24) is 5.32 Å². The molecule has 0 bridgehead atoms. The topological polar surface area (TPSA) is 55.4 Å². The summed E-state index contributed by atoms with van der Waals surface area (Å²) in [6.07, 6.45) is 0.788. The first-order chi connectivity index (χ1) is 13.5. The molecular weight excluding hydrogens is 397 g/mol. The lowest BCUT2D eigenvalue weighted by molar-refractivity contribution is 0.0947. The van der Waals surface area contributed by atoms with Gasteiger partial charge in [-0.05, 0) is 47.0 Å². The van der Waals surface area contributed by atoms with Gasteiger partial charge < -0.3 is 10.1 Å². The number of aldehydes is 1. The molecule has 0 heterocycles. The predicted octanol–water partition coefficient (Wildman–Crippen LogP) is 5.41. The Morgan fingerprint density at radius 2 is 1.82 bits per heavy atom. The van der Waals surface area contributed by atoms with E-state index < -0.39 is 0 Å². The summed E-state index contributed by atoms with van der Waals surface area (Å²) >= 11 is 12.1. The van der Waals surface area contributed by atoms with Gasteiger partial charge in [0.05, 0.1) is 12.7 Å². The van der Waals surface area contributed by atoms with Gasteiger partial charge in [-0.3, -0.25) is 9.59 Å². The van der Waals surface area contributed by atoms with Crippen LogP contribution in [0.15, 0.2) is 60.7 Å². The monoisotopic (exact) mass is 413 g/mol. The molecule has 0 spiro atoms. The van der Waals surface area contributed by atoms with Gasteiger partial charge in [-0.15, -0.1) is 0 Å². The number of hydrogen-bond acceptors (Lipinski definition) is 3. The molecule has 0 aliphatic rings. The molecule has 0 fully saturated rings. The standard InChI is InChI=1S/C22H17Cl2NO3/c1-28-21-8-6-16(15-4-2-3-14(9-15)13-26)10-19(21)22(27)25-12-17-5-7-18(23)11-20(17)24/h2-11,13H,12H2,1H3,(H,25,27). The molecule has 0 aromatic heterocycles. The number of carbonyl (C=O) groups excluding carboxylic acids is 2. The summed E-state index contributed by atoms with van der Waals surface area (Å²) in [6.45, 7) is 0.253. The molecule has 142 valence electrons. The summed E-state index contributed by atoms with van der Waals surface area (Å²) in [7, 11) is 1.51. The highest BCUT2D eigenvalue weighted by Gasteiger charge is 2.14. The van der Waals surface area contributed by atoms with E-state index in [0.29, 0.717) is 26.9 Å². The molecule has 0 aliphatic heterocycles. The summed E-state index contributed by atoms with van der Waals surface area (Å²) in [5.41, 5.74) is 3.35. The molecule has 1 amide bonds. The van der Waals surface area contributed by atoms with Crippen molar-refractivity contribution >= 4 is 35.4 Å². The van der Waals surface area contributed by atoms with Crippen molar-refractivity contribution in [2.24, 2.45) is 0 Å². The fraction of sp³-hybridized carbons (Fsp3) is 0.0909. The third-order valence-electron chi connectivity index (χ3n) is 4.25. The Bertz CT molecular complexity index is 1030. The Morgan fingerprint density at radius 3 is 2.54 bits per heavy atom. The van der Waals surface area contributed by atoms with Gasteiger partial charge in [-0.2, -0.15) is 0 Å². The van der Waals surface area contributed by atoms with E-state index in [2.05, 4.69) is 5.32 Å². The Hall–Kier alpha value is -2.82. The first kappa shape index (κ1) is 19.9. The molecule has 28 heavy (non-hydrogen) atoms. The molecular formula is C22H17Cl2NO3. The normalized spacial score (nSPS) is 10.4. The average Bonchev–Trinajstić information content (AvgIpc) is 2.72. The molecule has 0 unspecified atom stereocenters. The van der Waals surface area contributed by atoms with Crippen LogP contribution in [0, 0.1) is 0 Å². The number of rotatable bonds is 6. The van der Waals surface area contributed by atoms with E-state index >= 15 is 0 Å². The highest BCUT2D eigenvalue weighted by molar-refractivity contribution is 6.35. The molecule has 0 aliphatic carbocycles. The van der Waals surface area contributed by atoms with Gasteiger partial charge in [0.2, 0.25) is 0 Å². The van der Waals surface area contributed by atoms with Crippen LogP contribution < -0.4 is 10.1 Å². The largest absolute Gasteiger partial charge is 0.496 e. The summed E-state index contributed by atoms with van der Waals surface area (Å²) in [4.78, 5) is 23.8. The summed E-state index contributed by atoms with van der Waals surface area (Å²) in [5.74, 6) is 0.159. The molecule has 0 saturated heterocycles. The quantitative estimate of drug-likeness (QED) is 0.549. The summed E-state index contributed by atoms with van der Waals surface area (Å²) < 4.78 is 5.33. The van der Waals surface area contributed by atoms with Crippen LogP contribution in [0.4, 0.5) is 0 Å². The first-order valence-corrected chi connectivity index (χ1v) is 9.23. The van der Waals surface area contributed by atoms with Crippen molar-refractivity contribution in [3.8, 4) is 16.9 Å². The number of carbonyl (C=O) groups is 2.